The lowest BCUT2D eigenvalue weighted by atomic mass is 10.1. The Hall–Kier alpha value is -2.05. The highest BCUT2D eigenvalue weighted by Gasteiger charge is 2.05. The first-order chi connectivity index (χ1) is 9.10. The fourth-order valence-corrected chi connectivity index (χ4v) is 1.90. The molecule has 4 heteroatoms. The molecule has 0 aliphatic heterocycles. The second kappa shape index (κ2) is 5.73. The fourth-order valence-electron chi connectivity index (χ4n) is 1.66. The van der Waals surface area contributed by atoms with E-state index in [2.05, 4.69) is 0 Å². The summed E-state index contributed by atoms with van der Waals surface area (Å²) in [5, 5.41) is 9.23. The average molecular weight is 276 g/mol. The Morgan fingerprint density at radius 1 is 1.26 bits per heavy atom. The molecule has 2 rings (SSSR count). The summed E-state index contributed by atoms with van der Waals surface area (Å²) in [6, 6.07) is 11.4. The summed E-state index contributed by atoms with van der Waals surface area (Å²) < 4.78 is 18.5. The fraction of sp³-hybridized carbons (Fsp3) is 0.133. The summed E-state index contributed by atoms with van der Waals surface area (Å²) in [5.41, 5.74) is 2.01. The van der Waals surface area contributed by atoms with Gasteiger partial charge in [-0.3, -0.25) is 0 Å². The molecule has 0 aliphatic carbocycles. The van der Waals surface area contributed by atoms with Crippen molar-refractivity contribution in [2.75, 3.05) is 0 Å². The summed E-state index contributed by atoms with van der Waals surface area (Å²) in [5.74, 6) is 0.322. The molecule has 0 saturated carbocycles. The first-order valence-corrected chi connectivity index (χ1v) is 6.05. The molecule has 0 aliphatic rings. The maximum atomic E-state index is 13.0. The van der Waals surface area contributed by atoms with Gasteiger partial charge in [0.2, 0.25) is 0 Å². The van der Waals surface area contributed by atoms with Gasteiger partial charge in [0.15, 0.2) is 0 Å². The summed E-state index contributed by atoms with van der Waals surface area (Å²) in [4.78, 5) is 0. The van der Waals surface area contributed by atoms with Gasteiger partial charge in [-0.05, 0) is 42.8 Å². The van der Waals surface area contributed by atoms with Gasteiger partial charge in [0.25, 0.3) is 0 Å². The van der Waals surface area contributed by atoms with Crippen molar-refractivity contribution < 1.29 is 9.13 Å². The third kappa shape index (κ3) is 3.24. The highest BCUT2D eigenvalue weighted by molar-refractivity contribution is 6.31. The summed E-state index contributed by atoms with van der Waals surface area (Å²) in [6.45, 7) is 2.05. The summed E-state index contributed by atoms with van der Waals surface area (Å²) in [6.07, 6.45) is 0. The standard InChI is InChI=1S/C15H11ClFNO/c1-10-6-13(17)4-5-15(10)19-9-12-3-2-11(8-18)7-14(12)16/h2-7H,9H2,1H3. The Kier molecular flexibility index (Phi) is 4.03. The van der Waals surface area contributed by atoms with Crippen molar-refractivity contribution in [1.82, 2.24) is 0 Å². The molecule has 0 heterocycles. The van der Waals surface area contributed by atoms with Crippen molar-refractivity contribution in [1.29, 1.82) is 5.26 Å². The van der Waals surface area contributed by atoms with Crippen molar-refractivity contribution in [3.05, 3.63) is 63.9 Å². The molecule has 2 aromatic rings. The minimum absolute atomic E-state index is 0.275. The first kappa shape index (κ1) is 13.4. The predicted octanol–water partition coefficient (Wildman–Crippen LogP) is 4.24. The molecule has 0 amide bonds. The van der Waals surface area contributed by atoms with E-state index in [1.165, 1.54) is 12.1 Å². The topological polar surface area (TPSA) is 33.0 Å². The van der Waals surface area contributed by atoms with E-state index in [1.807, 2.05) is 6.07 Å². The highest BCUT2D eigenvalue weighted by atomic mass is 35.5. The third-order valence-electron chi connectivity index (χ3n) is 2.70. The van der Waals surface area contributed by atoms with Crippen molar-refractivity contribution in [2.24, 2.45) is 0 Å². The van der Waals surface area contributed by atoms with Gasteiger partial charge in [-0.2, -0.15) is 5.26 Å². The smallest absolute Gasteiger partial charge is 0.123 e. The number of rotatable bonds is 3. The molecule has 0 aromatic heterocycles. The average Bonchev–Trinajstić information content (AvgIpc) is 2.39. The van der Waals surface area contributed by atoms with Crippen LogP contribution in [0.15, 0.2) is 36.4 Å². The molecule has 0 spiro atoms. The summed E-state index contributed by atoms with van der Waals surface area (Å²) in [7, 11) is 0. The van der Waals surface area contributed by atoms with Crippen LogP contribution in [-0.4, -0.2) is 0 Å². The molecule has 0 radical (unpaired) electrons. The number of aryl methyl sites for hydroxylation is 1. The molecule has 19 heavy (non-hydrogen) atoms. The maximum absolute atomic E-state index is 13.0. The first-order valence-electron chi connectivity index (χ1n) is 5.67. The zero-order valence-corrected chi connectivity index (χ0v) is 11.0. The van der Waals surface area contributed by atoms with Crippen LogP contribution in [-0.2, 0) is 6.61 Å². The minimum Gasteiger partial charge on any atom is -0.489 e. The van der Waals surface area contributed by atoms with Gasteiger partial charge < -0.3 is 4.74 Å². The maximum Gasteiger partial charge on any atom is 0.123 e. The van der Waals surface area contributed by atoms with Crippen molar-refractivity contribution in [3.63, 3.8) is 0 Å². The van der Waals surface area contributed by atoms with Crippen LogP contribution in [0.5, 0.6) is 5.75 Å². The van der Waals surface area contributed by atoms with Gasteiger partial charge in [-0.15, -0.1) is 0 Å². The van der Waals surface area contributed by atoms with Crippen LogP contribution in [0.25, 0.3) is 0 Å². The van der Waals surface area contributed by atoms with Gasteiger partial charge in [0.05, 0.1) is 11.6 Å². The Bertz CT molecular complexity index is 649. The molecule has 0 saturated heterocycles. The zero-order valence-electron chi connectivity index (χ0n) is 10.3. The van der Waals surface area contributed by atoms with Crippen LogP contribution in [0.3, 0.4) is 0 Å². The number of hydrogen-bond donors (Lipinski definition) is 0. The highest BCUT2D eigenvalue weighted by Crippen LogP contribution is 2.23. The van der Waals surface area contributed by atoms with Gasteiger partial charge in [-0.25, -0.2) is 4.39 Å². The number of nitrogens with zero attached hydrogens (tertiary/aromatic N) is 1. The van der Waals surface area contributed by atoms with E-state index in [-0.39, 0.29) is 12.4 Å². The molecule has 96 valence electrons. The SMILES string of the molecule is Cc1cc(F)ccc1OCc1ccc(C#N)cc1Cl. The van der Waals surface area contributed by atoms with E-state index < -0.39 is 0 Å². The third-order valence-corrected chi connectivity index (χ3v) is 3.05. The largest absolute Gasteiger partial charge is 0.489 e. The van der Waals surface area contributed by atoms with E-state index in [9.17, 15) is 4.39 Å². The van der Waals surface area contributed by atoms with Gasteiger partial charge in [-0.1, -0.05) is 17.7 Å². The van der Waals surface area contributed by atoms with Crippen LogP contribution in [0, 0.1) is 24.1 Å². The molecule has 2 nitrogen and oxygen atoms in total. The number of halogens is 2. The molecule has 2 aromatic carbocycles. The molecule has 0 atom stereocenters. The van der Waals surface area contributed by atoms with E-state index >= 15 is 0 Å². The molecule has 0 unspecified atom stereocenters. The summed E-state index contributed by atoms with van der Waals surface area (Å²) >= 11 is 6.05. The van der Waals surface area contributed by atoms with Crippen molar-refractivity contribution in [2.45, 2.75) is 13.5 Å². The quantitative estimate of drug-likeness (QED) is 0.839. The van der Waals surface area contributed by atoms with Crippen LogP contribution in [0.2, 0.25) is 5.02 Å². The zero-order chi connectivity index (χ0) is 13.8. The number of ether oxygens (including phenoxy) is 1. The van der Waals surface area contributed by atoms with Crippen LogP contribution >= 0.6 is 11.6 Å². The Labute approximate surface area is 116 Å². The normalized spacial score (nSPS) is 10.0. The van der Waals surface area contributed by atoms with Gasteiger partial charge in [0, 0.05) is 10.6 Å². The Balaban J connectivity index is 2.13. The Morgan fingerprint density at radius 3 is 2.68 bits per heavy atom. The van der Waals surface area contributed by atoms with Crippen molar-refractivity contribution >= 4 is 11.6 Å². The van der Waals surface area contributed by atoms with Gasteiger partial charge >= 0.3 is 0 Å². The monoisotopic (exact) mass is 275 g/mol. The number of hydrogen-bond acceptors (Lipinski definition) is 2. The second-order valence-electron chi connectivity index (χ2n) is 4.12. The van der Waals surface area contributed by atoms with Gasteiger partial charge in [0.1, 0.15) is 18.2 Å². The molecule has 0 bridgehead atoms. The second-order valence-corrected chi connectivity index (χ2v) is 4.52. The lowest BCUT2D eigenvalue weighted by molar-refractivity contribution is 0.303. The van der Waals surface area contributed by atoms with E-state index in [4.69, 9.17) is 21.6 Å². The number of nitriles is 1. The van der Waals surface area contributed by atoms with E-state index in [0.717, 1.165) is 11.1 Å². The van der Waals surface area contributed by atoms with Crippen LogP contribution < -0.4 is 4.74 Å². The van der Waals surface area contributed by atoms with Crippen molar-refractivity contribution in [3.8, 4) is 11.8 Å². The lowest BCUT2D eigenvalue weighted by Crippen LogP contribution is -1.98. The molecule has 0 fully saturated rings. The van der Waals surface area contributed by atoms with E-state index in [0.29, 0.717) is 16.3 Å². The lowest BCUT2D eigenvalue weighted by Gasteiger charge is -2.10. The molecular formula is C15H11ClFNO. The minimum atomic E-state index is -0.291. The Morgan fingerprint density at radius 2 is 2.05 bits per heavy atom. The van der Waals surface area contributed by atoms with E-state index in [1.54, 1.807) is 31.2 Å². The molecule has 0 N–H and O–H groups in total. The van der Waals surface area contributed by atoms with Crippen LogP contribution in [0.4, 0.5) is 4.39 Å². The van der Waals surface area contributed by atoms with Crippen LogP contribution in [0.1, 0.15) is 16.7 Å². The predicted molar refractivity (Wildman–Crippen MR) is 71.6 cm³/mol. The number of benzene rings is 2. The molecular weight excluding hydrogens is 265 g/mol.